The van der Waals surface area contributed by atoms with Crippen molar-refractivity contribution in [3.63, 3.8) is 0 Å². The van der Waals surface area contributed by atoms with Crippen molar-refractivity contribution in [2.45, 2.75) is 24.5 Å². The monoisotopic (exact) mass is 275 g/mol. The maximum atomic E-state index is 11.9. The second-order valence-corrected chi connectivity index (χ2v) is 8.31. The molecule has 1 aliphatic carbocycles. The summed E-state index contributed by atoms with van der Waals surface area (Å²) in [6.45, 7) is 3.57. The van der Waals surface area contributed by atoms with E-state index in [2.05, 4.69) is 14.3 Å². The van der Waals surface area contributed by atoms with Crippen LogP contribution in [0.4, 0.5) is 0 Å². The Balaban J connectivity index is 2.88. The Kier molecular flexibility index (Phi) is 3.41. The molecule has 0 aromatic carbocycles. The second-order valence-electron chi connectivity index (χ2n) is 3.64. The molecule has 0 spiro atoms. The van der Waals surface area contributed by atoms with Gasteiger partial charge < -0.3 is 0 Å². The van der Waals surface area contributed by atoms with Crippen LogP contribution in [0.1, 0.15) is 20.3 Å². The van der Waals surface area contributed by atoms with Gasteiger partial charge in [0.05, 0.1) is 0 Å². The Hall–Kier alpha value is -1.00. The summed E-state index contributed by atoms with van der Waals surface area (Å²) < 4.78 is 25.2. The second kappa shape index (κ2) is 4.24. The molecule has 2 unspecified atom stereocenters. The first-order valence-corrected chi connectivity index (χ1v) is 7.70. The first kappa shape index (κ1) is 12.1. The van der Waals surface area contributed by atoms with Crippen molar-refractivity contribution in [2.24, 2.45) is 16.3 Å². The topological polar surface area (TPSA) is 97.3 Å². The summed E-state index contributed by atoms with van der Waals surface area (Å²) in [5.41, 5.74) is 1.06. The van der Waals surface area contributed by atoms with E-state index in [0.717, 1.165) is 5.57 Å². The number of rotatable bonds is 3. The first-order chi connectivity index (χ1) is 6.91. The van der Waals surface area contributed by atoms with Crippen LogP contribution in [-0.4, -0.2) is 18.3 Å². The molecule has 3 N–H and O–H groups in total. The third-order valence-corrected chi connectivity index (χ3v) is 6.40. The molecule has 6 nitrogen and oxygen atoms in total. The standard InChI is InChI=1S/C8H14AsN3O3/c1-7-3-5-8(2,6-4-7)9(13,14)15-12-11-10/h3-5H,6H2,1-2H3,(H2,10,12)(H,13,14). The van der Waals surface area contributed by atoms with Crippen LogP contribution in [0.3, 0.4) is 0 Å². The van der Waals surface area contributed by atoms with Gasteiger partial charge in [-0.3, -0.25) is 0 Å². The van der Waals surface area contributed by atoms with Gasteiger partial charge in [-0.1, -0.05) is 0 Å². The number of nitrogens with two attached hydrogens (primary N) is 1. The van der Waals surface area contributed by atoms with E-state index < -0.39 is 18.4 Å². The molecule has 0 bridgehead atoms. The van der Waals surface area contributed by atoms with Gasteiger partial charge in [0.25, 0.3) is 0 Å². The molecule has 0 saturated heterocycles. The van der Waals surface area contributed by atoms with E-state index >= 15 is 0 Å². The zero-order chi connectivity index (χ0) is 11.5. The quantitative estimate of drug-likeness (QED) is 0.351. The first-order valence-electron chi connectivity index (χ1n) is 4.39. The van der Waals surface area contributed by atoms with Crippen LogP contribution in [0, 0.1) is 0 Å². The van der Waals surface area contributed by atoms with Crippen molar-refractivity contribution in [1.29, 1.82) is 0 Å². The molecular formula is C8H14AsN3O3. The third kappa shape index (κ3) is 2.52. The van der Waals surface area contributed by atoms with E-state index in [1.54, 1.807) is 19.1 Å². The number of hydrogen-bond acceptors (Lipinski definition) is 4. The van der Waals surface area contributed by atoms with Gasteiger partial charge in [-0.25, -0.2) is 0 Å². The maximum absolute atomic E-state index is 11.9. The van der Waals surface area contributed by atoms with Crippen LogP contribution >= 0.6 is 0 Å². The predicted octanol–water partition coefficient (Wildman–Crippen LogP) is 1.27. The van der Waals surface area contributed by atoms with Crippen LogP contribution in [0.5, 0.6) is 0 Å². The Bertz CT molecular complexity index is 377. The van der Waals surface area contributed by atoms with Crippen LogP contribution in [-0.2, 0) is 7.57 Å². The molecule has 0 heterocycles. The number of allylic oxidation sites excluding steroid dienone is 4. The van der Waals surface area contributed by atoms with Gasteiger partial charge >= 0.3 is 90.5 Å². The van der Waals surface area contributed by atoms with Gasteiger partial charge in [0.1, 0.15) is 0 Å². The molecular weight excluding hydrogens is 261 g/mol. The molecule has 84 valence electrons. The van der Waals surface area contributed by atoms with Gasteiger partial charge in [0, 0.05) is 0 Å². The Labute approximate surface area is 90.8 Å². The van der Waals surface area contributed by atoms with Gasteiger partial charge in [0.2, 0.25) is 0 Å². The van der Waals surface area contributed by atoms with E-state index in [-0.39, 0.29) is 0 Å². The molecule has 0 radical (unpaired) electrons. The molecule has 0 aliphatic heterocycles. The van der Waals surface area contributed by atoms with Crippen LogP contribution < -0.4 is 5.84 Å². The molecule has 0 fully saturated rings. The summed E-state index contributed by atoms with van der Waals surface area (Å²) in [7, 11) is 0. The Morgan fingerprint density at radius 3 is 2.87 bits per heavy atom. The fourth-order valence-corrected chi connectivity index (χ4v) is 3.10. The average Bonchev–Trinajstić information content (AvgIpc) is 2.19. The van der Waals surface area contributed by atoms with E-state index in [9.17, 15) is 7.84 Å². The summed E-state index contributed by atoms with van der Waals surface area (Å²) in [6, 6.07) is 0. The van der Waals surface area contributed by atoms with Gasteiger partial charge in [0.15, 0.2) is 0 Å². The normalized spacial score (nSPS) is 29.9. The van der Waals surface area contributed by atoms with Crippen molar-refractivity contribution < 1.29 is 11.7 Å². The Morgan fingerprint density at radius 2 is 2.40 bits per heavy atom. The number of nitrogens with zero attached hydrogens (tertiary/aromatic N) is 2. The molecule has 0 aromatic rings. The molecule has 2 atom stereocenters. The van der Waals surface area contributed by atoms with Crippen LogP contribution in [0.15, 0.2) is 34.3 Å². The zero-order valence-electron chi connectivity index (χ0n) is 8.62. The van der Waals surface area contributed by atoms with E-state index in [4.69, 9.17) is 5.84 Å². The van der Waals surface area contributed by atoms with Crippen LogP contribution in [0.2, 0.25) is 4.20 Å². The fourth-order valence-electron chi connectivity index (χ4n) is 1.19. The molecule has 0 amide bonds. The van der Waals surface area contributed by atoms with Crippen molar-refractivity contribution in [1.82, 2.24) is 0 Å². The predicted molar refractivity (Wildman–Crippen MR) is 54.7 cm³/mol. The summed E-state index contributed by atoms with van der Waals surface area (Å²) in [5, 5.41) is 5.75. The summed E-state index contributed by atoms with van der Waals surface area (Å²) in [6.07, 6.45) is 5.79. The van der Waals surface area contributed by atoms with Crippen molar-refractivity contribution >= 4 is 14.2 Å². The van der Waals surface area contributed by atoms with Gasteiger partial charge in [-0.2, -0.15) is 0 Å². The fraction of sp³-hybridized carbons (Fsp3) is 0.500. The average molecular weight is 275 g/mol. The molecule has 15 heavy (non-hydrogen) atoms. The Morgan fingerprint density at radius 1 is 1.73 bits per heavy atom. The molecule has 0 aromatic heterocycles. The van der Waals surface area contributed by atoms with Crippen molar-refractivity contribution in [3.05, 3.63) is 23.8 Å². The summed E-state index contributed by atoms with van der Waals surface area (Å²) >= 11 is -4.56. The van der Waals surface area contributed by atoms with Gasteiger partial charge in [-0.15, -0.1) is 0 Å². The SMILES string of the molecule is CC1=CCC(C)([As](=O)(O)ON=NN)C=C1. The molecule has 1 rings (SSSR count). The van der Waals surface area contributed by atoms with Gasteiger partial charge in [-0.05, 0) is 0 Å². The number of hydrogen-bond donors (Lipinski definition) is 2. The van der Waals surface area contributed by atoms with Crippen molar-refractivity contribution in [3.8, 4) is 0 Å². The summed E-state index contributed by atoms with van der Waals surface area (Å²) in [4.78, 5) is 0. The molecule has 7 heteroatoms. The van der Waals surface area contributed by atoms with Crippen LogP contribution in [0.25, 0.3) is 0 Å². The summed E-state index contributed by atoms with van der Waals surface area (Å²) in [5.74, 6) is 4.71. The molecule has 1 aliphatic rings. The minimum atomic E-state index is -4.56. The van der Waals surface area contributed by atoms with E-state index in [1.165, 1.54) is 0 Å². The zero-order valence-corrected chi connectivity index (χ0v) is 10.5. The van der Waals surface area contributed by atoms with E-state index in [0.29, 0.717) is 6.42 Å². The third-order valence-electron chi connectivity index (χ3n) is 2.38. The van der Waals surface area contributed by atoms with E-state index in [1.807, 2.05) is 13.0 Å². The molecule has 0 saturated carbocycles. The minimum absolute atomic E-state index is 0.447. The van der Waals surface area contributed by atoms with Crippen molar-refractivity contribution in [2.75, 3.05) is 0 Å².